The molecule has 4 heteroatoms. The van der Waals surface area contributed by atoms with Crippen LogP contribution in [0, 0.1) is 5.92 Å². The van der Waals surface area contributed by atoms with Crippen molar-refractivity contribution in [2.24, 2.45) is 5.92 Å². The molecular formula is C9H10O4. The minimum absolute atomic E-state index is 0.100. The molecule has 0 aromatic heterocycles. The second kappa shape index (κ2) is 3.92. The Bertz CT molecular complexity index is 286. The number of ether oxygens (including phenoxy) is 1. The molecule has 1 N–H and O–H groups in total. The molecule has 0 saturated carbocycles. The van der Waals surface area contributed by atoms with Crippen molar-refractivity contribution < 1.29 is 19.4 Å². The van der Waals surface area contributed by atoms with Gasteiger partial charge in [-0.05, 0) is 12.8 Å². The number of carbonyl (C=O) groups excluding carboxylic acids is 1. The molecule has 0 amide bonds. The first-order chi connectivity index (χ1) is 6.15. The van der Waals surface area contributed by atoms with Gasteiger partial charge >= 0.3 is 5.97 Å². The molecule has 1 atom stereocenters. The van der Waals surface area contributed by atoms with E-state index in [0.29, 0.717) is 13.0 Å². The average Bonchev–Trinajstić information content (AvgIpc) is 2.51. The largest absolute Gasteiger partial charge is 0.486 e. The summed E-state index contributed by atoms with van der Waals surface area (Å²) in [5.41, 5.74) is 0.100. The Hall–Kier alpha value is -1.54. The number of carboxylic acids is 1. The van der Waals surface area contributed by atoms with Crippen LogP contribution in [0.4, 0.5) is 0 Å². The van der Waals surface area contributed by atoms with Crippen molar-refractivity contribution >= 4 is 11.9 Å². The van der Waals surface area contributed by atoms with E-state index in [1.165, 1.54) is 0 Å². The first kappa shape index (κ1) is 9.55. The Morgan fingerprint density at radius 2 is 2.46 bits per heavy atom. The van der Waals surface area contributed by atoms with Crippen molar-refractivity contribution in [2.75, 3.05) is 6.61 Å². The molecule has 1 unspecified atom stereocenters. The molecule has 0 spiro atoms. The lowest BCUT2D eigenvalue weighted by atomic mass is 9.98. The van der Waals surface area contributed by atoms with Crippen LogP contribution in [0.25, 0.3) is 0 Å². The Morgan fingerprint density at radius 1 is 1.77 bits per heavy atom. The number of allylic oxidation sites excluding steroid dienone is 1. The monoisotopic (exact) mass is 182 g/mol. The van der Waals surface area contributed by atoms with E-state index < -0.39 is 5.97 Å². The lowest BCUT2D eigenvalue weighted by Gasteiger charge is -2.05. The van der Waals surface area contributed by atoms with Gasteiger partial charge in [-0.15, -0.1) is 0 Å². The van der Waals surface area contributed by atoms with Crippen molar-refractivity contribution in [2.45, 2.75) is 12.8 Å². The normalized spacial score (nSPS) is 20.6. The third-order valence-electron chi connectivity index (χ3n) is 1.99. The molecule has 0 bridgehead atoms. The minimum Gasteiger partial charge on any atom is -0.486 e. The van der Waals surface area contributed by atoms with Crippen LogP contribution in [-0.2, 0) is 14.3 Å². The molecule has 0 aliphatic carbocycles. The molecule has 13 heavy (non-hydrogen) atoms. The highest BCUT2D eigenvalue weighted by Gasteiger charge is 2.25. The van der Waals surface area contributed by atoms with Crippen molar-refractivity contribution in [3.63, 3.8) is 0 Å². The van der Waals surface area contributed by atoms with Crippen LogP contribution < -0.4 is 0 Å². The van der Waals surface area contributed by atoms with E-state index in [1.54, 1.807) is 5.94 Å². The predicted octanol–water partition coefficient (Wildman–Crippen LogP) is 0.769. The summed E-state index contributed by atoms with van der Waals surface area (Å²) in [6.45, 7) is 3.85. The van der Waals surface area contributed by atoms with Gasteiger partial charge in [0.25, 0.3) is 0 Å². The van der Waals surface area contributed by atoms with Gasteiger partial charge in [0, 0.05) is 11.5 Å². The highest BCUT2D eigenvalue weighted by atomic mass is 16.5. The summed E-state index contributed by atoms with van der Waals surface area (Å²) in [5, 5.41) is 8.55. The van der Waals surface area contributed by atoms with Crippen molar-refractivity contribution in [1.82, 2.24) is 0 Å². The molecule has 0 radical (unpaired) electrons. The summed E-state index contributed by atoms with van der Waals surface area (Å²) in [5.74, 6) is 0.711. The average molecular weight is 182 g/mol. The van der Waals surface area contributed by atoms with Gasteiger partial charge in [-0.2, -0.15) is 0 Å². The lowest BCUT2D eigenvalue weighted by molar-refractivity contribution is -0.132. The maximum absolute atomic E-state index is 10.4. The molecule has 0 aromatic rings. The third kappa shape index (κ3) is 2.20. The zero-order valence-corrected chi connectivity index (χ0v) is 7.08. The van der Waals surface area contributed by atoms with E-state index >= 15 is 0 Å². The molecule has 1 aliphatic heterocycles. The summed E-state index contributed by atoms with van der Waals surface area (Å²) in [4.78, 5) is 20.7. The van der Waals surface area contributed by atoms with Gasteiger partial charge in [0.15, 0.2) is 11.7 Å². The fraction of sp³-hybridized carbons (Fsp3) is 0.444. The zero-order chi connectivity index (χ0) is 9.84. The van der Waals surface area contributed by atoms with Crippen LogP contribution in [0.5, 0.6) is 0 Å². The van der Waals surface area contributed by atoms with Crippen molar-refractivity contribution in [1.29, 1.82) is 0 Å². The van der Waals surface area contributed by atoms with Gasteiger partial charge in [-0.25, -0.2) is 9.59 Å². The molecule has 1 fully saturated rings. The Morgan fingerprint density at radius 3 is 3.00 bits per heavy atom. The first-order valence-electron chi connectivity index (χ1n) is 3.94. The molecule has 1 rings (SSSR count). The maximum Gasteiger partial charge on any atom is 0.330 e. The summed E-state index contributed by atoms with van der Waals surface area (Å²) >= 11 is 0. The summed E-state index contributed by atoms with van der Waals surface area (Å²) in [7, 11) is 0. The smallest absolute Gasteiger partial charge is 0.330 e. The number of carbonyl (C=O) groups is 1. The topological polar surface area (TPSA) is 63.6 Å². The summed E-state index contributed by atoms with van der Waals surface area (Å²) < 4.78 is 4.95. The van der Waals surface area contributed by atoms with Crippen LogP contribution in [-0.4, -0.2) is 23.6 Å². The summed E-state index contributed by atoms with van der Waals surface area (Å²) in [6.07, 6.45) is 0.927. The molecular weight excluding hydrogens is 172 g/mol. The third-order valence-corrected chi connectivity index (χ3v) is 1.99. The minimum atomic E-state index is -1.03. The second-order valence-corrected chi connectivity index (χ2v) is 2.91. The van der Waals surface area contributed by atoms with Gasteiger partial charge in [0.05, 0.1) is 6.61 Å². The van der Waals surface area contributed by atoms with Crippen LogP contribution >= 0.6 is 0 Å². The van der Waals surface area contributed by atoms with Gasteiger partial charge in [0.2, 0.25) is 0 Å². The van der Waals surface area contributed by atoms with E-state index in [2.05, 4.69) is 6.58 Å². The molecule has 70 valence electrons. The van der Waals surface area contributed by atoms with Crippen LogP contribution in [0.3, 0.4) is 0 Å². The fourth-order valence-electron chi connectivity index (χ4n) is 1.25. The predicted molar refractivity (Wildman–Crippen MR) is 44.7 cm³/mol. The van der Waals surface area contributed by atoms with Crippen LogP contribution in [0.1, 0.15) is 12.8 Å². The standard InChI is InChI=1S/C9H10O4/c1-6(9(11)12)4-7-2-3-13-8(7)5-10/h7H,1-4H2,(H,11,12). The summed E-state index contributed by atoms with van der Waals surface area (Å²) in [6, 6.07) is 0. The van der Waals surface area contributed by atoms with Gasteiger partial charge in [0.1, 0.15) is 0 Å². The van der Waals surface area contributed by atoms with E-state index in [-0.39, 0.29) is 23.7 Å². The van der Waals surface area contributed by atoms with Gasteiger partial charge in [-0.3, -0.25) is 0 Å². The van der Waals surface area contributed by atoms with E-state index in [4.69, 9.17) is 9.84 Å². The van der Waals surface area contributed by atoms with E-state index in [9.17, 15) is 9.59 Å². The molecule has 1 saturated heterocycles. The number of carboxylic acid groups (broad SMARTS) is 1. The Kier molecular flexibility index (Phi) is 2.88. The zero-order valence-electron chi connectivity index (χ0n) is 7.08. The van der Waals surface area contributed by atoms with Crippen LogP contribution in [0.2, 0.25) is 0 Å². The van der Waals surface area contributed by atoms with E-state index in [1.807, 2.05) is 0 Å². The molecule has 0 aromatic carbocycles. The second-order valence-electron chi connectivity index (χ2n) is 2.91. The quantitative estimate of drug-likeness (QED) is 0.517. The van der Waals surface area contributed by atoms with Gasteiger partial charge in [-0.1, -0.05) is 6.58 Å². The number of hydrogen-bond acceptors (Lipinski definition) is 3. The maximum atomic E-state index is 10.4. The van der Waals surface area contributed by atoms with Crippen molar-refractivity contribution in [3.05, 3.63) is 17.9 Å². The Labute approximate surface area is 75.5 Å². The van der Waals surface area contributed by atoms with Crippen LogP contribution in [0.15, 0.2) is 17.9 Å². The Balaban J connectivity index is 2.59. The number of aliphatic carboxylic acids is 1. The SMILES string of the molecule is C=C(CC1CCOC1=C=O)C(=O)O. The molecule has 1 heterocycles. The molecule has 4 nitrogen and oxygen atoms in total. The van der Waals surface area contributed by atoms with Crippen molar-refractivity contribution in [3.8, 4) is 0 Å². The highest BCUT2D eigenvalue weighted by molar-refractivity contribution is 5.85. The van der Waals surface area contributed by atoms with Gasteiger partial charge < -0.3 is 9.84 Å². The fourth-order valence-corrected chi connectivity index (χ4v) is 1.25. The number of hydrogen-bond donors (Lipinski definition) is 1. The number of rotatable bonds is 3. The van der Waals surface area contributed by atoms with E-state index in [0.717, 1.165) is 0 Å². The first-order valence-corrected chi connectivity index (χ1v) is 3.94. The lowest BCUT2D eigenvalue weighted by Crippen LogP contribution is -2.06. The highest BCUT2D eigenvalue weighted by Crippen LogP contribution is 2.27. The molecule has 1 aliphatic rings.